The summed E-state index contributed by atoms with van der Waals surface area (Å²) in [6, 6.07) is -0.843. The molecule has 0 aromatic heterocycles. The van der Waals surface area contributed by atoms with Crippen LogP contribution in [0.2, 0.25) is 0 Å². The molecule has 528 valence electrons. The van der Waals surface area contributed by atoms with E-state index in [4.69, 9.17) is 18.9 Å². The zero-order valence-corrected chi connectivity index (χ0v) is 57.6. The van der Waals surface area contributed by atoms with Gasteiger partial charge in [0.25, 0.3) is 0 Å². The van der Waals surface area contributed by atoms with Crippen LogP contribution in [0.5, 0.6) is 0 Å². The van der Waals surface area contributed by atoms with Gasteiger partial charge in [-0.3, -0.25) is 4.79 Å². The monoisotopic (exact) mass is 1280 g/mol. The van der Waals surface area contributed by atoms with E-state index >= 15 is 0 Å². The summed E-state index contributed by atoms with van der Waals surface area (Å²) >= 11 is 0. The van der Waals surface area contributed by atoms with Gasteiger partial charge in [-0.05, 0) is 70.6 Å². The van der Waals surface area contributed by atoms with E-state index in [0.717, 1.165) is 109 Å². The molecule has 2 fully saturated rings. The molecule has 12 atom stereocenters. The molecule has 0 spiro atoms. The molecule has 0 aromatic carbocycles. The van der Waals surface area contributed by atoms with Crippen LogP contribution in [0.1, 0.15) is 303 Å². The third-order valence-electron chi connectivity index (χ3n) is 17.9. The molecular formula is C77H137NO13. The van der Waals surface area contributed by atoms with Gasteiger partial charge >= 0.3 is 0 Å². The molecule has 1 amide bonds. The fourth-order valence-corrected chi connectivity index (χ4v) is 12.0. The molecular weight excluding hydrogens is 1150 g/mol. The van der Waals surface area contributed by atoms with Crippen molar-refractivity contribution in [1.82, 2.24) is 5.32 Å². The van der Waals surface area contributed by atoms with E-state index in [1.165, 1.54) is 161 Å². The Morgan fingerprint density at radius 2 is 0.758 bits per heavy atom. The van der Waals surface area contributed by atoms with E-state index < -0.39 is 86.8 Å². The number of amides is 1. The van der Waals surface area contributed by atoms with Crippen molar-refractivity contribution >= 4 is 5.91 Å². The number of hydrogen-bond donors (Lipinski definition) is 9. The largest absolute Gasteiger partial charge is 0.394 e. The molecule has 0 aliphatic carbocycles. The minimum Gasteiger partial charge on any atom is -0.394 e. The second-order valence-corrected chi connectivity index (χ2v) is 26.0. The van der Waals surface area contributed by atoms with E-state index in [1.807, 2.05) is 0 Å². The highest BCUT2D eigenvalue weighted by Crippen LogP contribution is 2.30. The second kappa shape index (κ2) is 60.8. The first kappa shape index (κ1) is 84.3. The SMILES string of the molecule is CC/C=C\C/C=C\C/C=C\C/C=C\C/C=C\C/C=C\C/C=C\CCCCCCCCCC(=O)NC(COC1OC(CO)C(OC2OC(CO)C(O)C(O)C2O)C(O)C1O)C(O)CCCCCCCCCCCCCCCCCCCCCCCCCCCCCC. The fourth-order valence-electron chi connectivity index (χ4n) is 12.0. The van der Waals surface area contributed by atoms with Crippen LogP contribution in [-0.2, 0) is 23.7 Å². The summed E-state index contributed by atoms with van der Waals surface area (Å²) in [5.74, 6) is -0.217. The van der Waals surface area contributed by atoms with Crippen LogP contribution in [0.4, 0.5) is 0 Å². The number of ether oxygens (including phenoxy) is 4. The Bertz CT molecular complexity index is 1850. The minimum atomic E-state index is -1.79. The van der Waals surface area contributed by atoms with Gasteiger partial charge in [0.2, 0.25) is 5.91 Å². The van der Waals surface area contributed by atoms with Crippen molar-refractivity contribution in [2.75, 3.05) is 19.8 Å². The van der Waals surface area contributed by atoms with Crippen molar-refractivity contribution in [2.24, 2.45) is 0 Å². The number of carbonyl (C=O) groups excluding carboxylic acids is 1. The van der Waals surface area contributed by atoms with Gasteiger partial charge in [-0.25, -0.2) is 0 Å². The summed E-state index contributed by atoms with van der Waals surface area (Å²) in [5.41, 5.74) is 0. The molecule has 12 unspecified atom stereocenters. The average molecular weight is 1280 g/mol. The highest BCUT2D eigenvalue weighted by atomic mass is 16.7. The molecule has 91 heavy (non-hydrogen) atoms. The molecule has 0 radical (unpaired) electrons. The van der Waals surface area contributed by atoms with Crippen molar-refractivity contribution in [3.05, 3.63) is 85.1 Å². The van der Waals surface area contributed by atoms with Crippen molar-refractivity contribution in [3.8, 4) is 0 Å². The predicted octanol–water partition coefficient (Wildman–Crippen LogP) is 16.0. The third-order valence-corrected chi connectivity index (χ3v) is 17.9. The molecule has 2 heterocycles. The van der Waals surface area contributed by atoms with Crippen LogP contribution in [0.3, 0.4) is 0 Å². The normalized spacial score (nSPS) is 23.3. The first-order valence-electron chi connectivity index (χ1n) is 37.3. The summed E-state index contributed by atoms with van der Waals surface area (Å²) in [6.07, 6.45) is 67.4. The van der Waals surface area contributed by atoms with Gasteiger partial charge in [-0.1, -0.05) is 311 Å². The number of allylic oxidation sites excluding steroid dienone is 14. The zero-order chi connectivity index (χ0) is 65.9. The van der Waals surface area contributed by atoms with Crippen molar-refractivity contribution in [1.29, 1.82) is 0 Å². The maximum absolute atomic E-state index is 13.4. The third kappa shape index (κ3) is 44.5. The minimum absolute atomic E-state index is 0.217. The summed E-state index contributed by atoms with van der Waals surface area (Å²) in [7, 11) is 0. The van der Waals surface area contributed by atoms with E-state index in [1.54, 1.807) is 0 Å². The quantitative estimate of drug-likeness (QED) is 0.0204. The molecule has 2 saturated heterocycles. The van der Waals surface area contributed by atoms with Gasteiger partial charge in [0.05, 0.1) is 32.0 Å². The van der Waals surface area contributed by atoms with Gasteiger partial charge in [-0.15, -0.1) is 0 Å². The Morgan fingerprint density at radius 1 is 0.407 bits per heavy atom. The van der Waals surface area contributed by atoms with Crippen molar-refractivity contribution in [2.45, 2.75) is 376 Å². The summed E-state index contributed by atoms with van der Waals surface area (Å²) in [6.45, 7) is 2.77. The molecule has 2 rings (SSSR count). The van der Waals surface area contributed by atoms with Crippen molar-refractivity contribution < 1.29 is 64.6 Å². The maximum Gasteiger partial charge on any atom is 0.220 e. The summed E-state index contributed by atoms with van der Waals surface area (Å²) in [4.78, 5) is 13.4. The summed E-state index contributed by atoms with van der Waals surface area (Å²) < 4.78 is 22.9. The Hall–Kier alpha value is -2.83. The Balaban J connectivity index is 1.66. The lowest BCUT2D eigenvalue weighted by atomic mass is 9.97. The summed E-state index contributed by atoms with van der Waals surface area (Å²) in [5, 5.41) is 87.8. The molecule has 0 bridgehead atoms. The highest BCUT2D eigenvalue weighted by Gasteiger charge is 2.51. The number of unbranched alkanes of at least 4 members (excludes halogenated alkanes) is 34. The lowest BCUT2D eigenvalue weighted by Gasteiger charge is -2.46. The predicted molar refractivity (Wildman–Crippen MR) is 373 cm³/mol. The number of rotatable bonds is 61. The second-order valence-electron chi connectivity index (χ2n) is 26.0. The van der Waals surface area contributed by atoms with Crippen molar-refractivity contribution in [3.63, 3.8) is 0 Å². The lowest BCUT2D eigenvalue weighted by molar-refractivity contribution is -0.359. The van der Waals surface area contributed by atoms with E-state index in [-0.39, 0.29) is 18.9 Å². The molecule has 14 heteroatoms. The molecule has 0 aromatic rings. The number of carbonyl (C=O) groups is 1. The van der Waals surface area contributed by atoms with Crippen LogP contribution in [0.25, 0.3) is 0 Å². The van der Waals surface area contributed by atoms with Crippen LogP contribution in [-0.4, -0.2) is 140 Å². The standard InChI is InChI=1S/C77H137NO13/c1-3-5-7-9-11-13-15-17-19-21-23-25-27-29-31-33-35-37-39-41-43-45-47-49-51-53-55-57-59-61-69(82)78-65(64-88-76-74(87)72(85)75(68(63-80)90-76)91-77-73(86)71(84)70(83)67(62-79)89-77)66(81)60-58-56-54-52-50-48-46-44-42-40-38-36-34-32-30-28-26-24-22-20-18-16-14-12-10-8-6-4-2/h5,7,11,13,17,19,23,25,29,31,35,37,41,43,65-68,70-77,79-81,83-87H,3-4,6,8-10,12,14-16,18,20-22,24,26-28,30,32-34,36,38-40,42,44-64H2,1-2H3,(H,78,82)/b7-5-,13-11-,19-17-,25-23-,31-29-,37-35-,43-41-. The van der Waals surface area contributed by atoms with Crippen LogP contribution >= 0.6 is 0 Å². The zero-order valence-electron chi connectivity index (χ0n) is 57.6. The molecule has 14 nitrogen and oxygen atoms in total. The Morgan fingerprint density at radius 3 is 1.16 bits per heavy atom. The lowest BCUT2D eigenvalue weighted by Crippen LogP contribution is -2.65. The number of aliphatic hydroxyl groups is 8. The highest BCUT2D eigenvalue weighted by molar-refractivity contribution is 5.76. The molecule has 0 saturated carbocycles. The van der Waals surface area contributed by atoms with Crippen LogP contribution < -0.4 is 5.32 Å². The van der Waals surface area contributed by atoms with E-state index in [0.29, 0.717) is 12.8 Å². The molecule has 2 aliphatic rings. The Labute approximate surface area is 554 Å². The topological polar surface area (TPSA) is 228 Å². The van der Waals surface area contributed by atoms with E-state index in [2.05, 4.69) is 104 Å². The number of nitrogens with one attached hydrogen (secondary N) is 1. The van der Waals surface area contributed by atoms with E-state index in [9.17, 15) is 45.6 Å². The van der Waals surface area contributed by atoms with Gasteiger partial charge in [0, 0.05) is 6.42 Å². The maximum atomic E-state index is 13.4. The van der Waals surface area contributed by atoms with Gasteiger partial charge in [0.15, 0.2) is 12.6 Å². The van der Waals surface area contributed by atoms with Gasteiger partial charge < -0.3 is 65.1 Å². The first-order chi connectivity index (χ1) is 44.6. The smallest absolute Gasteiger partial charge is 0.220 e. The molecule has 2 aliphatic heterocycles. The van der Waals surface area contributed by atoms with Gasteiger partial charge in [-0.2, -0.15) is 0 Å². The first-order valence-corrected chi connectivity index (χ1v) is 37.3. The van der Waals surface area contributed by atoms with Gasteiger partial charge in [0.1, 0.15) is 48.8 Å². The number of hydrogen-bond acceptors (Lipinski definition) is 13. The fraction of sp³-hybridized carbons (Fsp3) is 0.805. The molecule has 9 N–H and O–H groups in total. The average Bonchev–Trinajstić information content (AvgIpc) is 1.06. The Kier molecular flexibility index (Phi) is 56.3. The van der Waals surface area contributed by atoms with Crippen LogP contribution in [0.15, 0.2) is 85.1 Å². The number of aliphatic hydroxyl groups excluding tert-OH is 8. The van der Waals surface area contributed by atoms with Crippen LogP contribution in [0, 0.1) is 0 Å².